The Hall–Kier alpha value is -2.31. The molecule has 1 amide bonds. The van der Waals surface area contributed by atoms with Crippen LogP contribution in [0.1, 0.15) is 31.1 Å². The molecule has 0 aromatic heterocycles. The predicted molar refractivity (Wildman–Crippen MR) is 80.5 cm³/mol. The van der Waals surface area contributed by atoms with Crippen molar-refractivity contribution in [2.24, 2.45) is 0 Å². The quantitative estimate of drug-likeness (QED) is 0.645. The molecule has 6 nitrogen and oxygen atoms in total. The van der Waals surface area contributed by atoms with Crippen LogP contribution < -0.4 is 10.6 Å². The largest absolute Gasteiger partial charge is 0.465 e. The zero-order valence-electron chi connectivity index (χ0n) is 13.2. The number of hydrogen-bond acceptors (Lipinski definition) is 5. The molecule has 1 aromatic carbocycles. The first-order valence-electron chi connectivity index (χ1n) is 6.81. The van der Waals surface area contributed by atoms with E-state index in [0.29, 0.717) is 18.8 Å². The van der Waals surface area contributed by atoms with Gasteiger partial charge in [0.15, 0.2) is 0 Å². The Balaban J connectivity index is 2.46. The third-order valence-electron chi connectivity index (χ3n) is 2.49. The van der Waals surface area contributed by atoms with E-state index in [1.54, 1.807) is 20.8 Å². The van der Waals surface area contributed by atoms with Crippen molar-refractivity contribution in [1.29, 1.82) is 0 Å². The van der Waals surface area contributed by atoms with E-state index in [1.807, 2.05) is 0 Å². The summed E-state index contributed by atoms with van der Waals surface area (Å²) < 4.78 is 23.0. The number of anilines is 1. The van der Waals surface area contributed by atoms with Crippen LogP contribution in [0.2, 0.25) is 0 Å². The minimum absolute atomic E-state index is 0.146. The van der Waals surface area contributed by atoms with Crippen LogP contribution in [-0.2, 0) is 9.47 Å². The molecule has 0 atom stereocenters. The number of rotatable bonds is 5. The van der Waals surface area contributed by atoms with E-state index in [4.69, 9.17) is 4.74 Å². The number of ether oxygens (including phenoxy) is 2. The van der Waals surface area contributed by atoms with Gasteiger partial charge in [0.05, 0.1) is 12.7 Å². The first-order valence-corrected chi connectivity index (χ1v) is 6.81. The summed E-state index contributed by atoms with van der Waals surface area (Å²) in [6.07, 6.45) is -0.511. The van der Waals surface area contributed by atoms with Gasteiger partial charge in [-0.2, -0.15) is 0 Å². The first kappa shape index (κ1) is 17.7. The average Bonchev–Trinajstić information content (AvgIpc) is 2.42. The second-order valence-corrected chi connectivity index (χ2v) is 5.54. The summed E-state index contributed by atoms with van der Waals surface area (Å²) in [7, 11) is 1.19. The second kappa shape index (κ2) is 7.63. The summed E-state index contributed by atoms with van der Waals surface area (Å²) in [6, 6.07) is 4.03. The molecule has 1 rings (SSSR count). The van der Waals surface area contributed by atoms with Crippen molar-refractivity contribution in [3.05, 3.63) is 29.6 Å². The SMILES string of the molecule is COC(=O)c1cc(NCCNC(=O)OC(C)(C)C)ccc1F. The van der Waals surface area contributed by atoms with Gasteiger partial charge in [0.25, 0.3) is 0 Å². The molecular weight excluding hydrogens is 291 g/mol. The maximum atomic E-state index is 13.5. The van der Waals surface area contributed by atoms with Crippen molar-refractivity contribution >= 4 is 17.7 Å². The van der Waals surface area contributed by atoms with E-state index in [0.717, 1.165) is 0 Å². The Morgan fingerprint density at radius 2 is 1.91 bits per heavy atom. The number of esters is 1. The minimum atomic E-state index is -0.743. The van der Waals surface area contributed by atoms with Crippen LogP contribution in [0.3, 0.4) is 0 Å². The Labute approximate surface area is 129 Å². The number of hydrogen-bond donors (Lipinski definition) is 2. The van der Waals surface area contributed by atoms with E-state index in [2.05, 4.69) is 15.4 Å². The molecule has 0 aliphatic rings. The first-order chi connectivity index (χ1) is 10.2. The molecule has 122 valence electrons. The molecule has 0 radical (unpaired) electrons. The third-order valence-corrected chi connectivity index (χ3v) is 2.49. The van der Waals surface area contributed by atoms with Gasteiger partial charge in [0, 0.05) is 18.8 Å². The molecule has 7 heteroatoms. The number of carbonyl (C=O) groups excluding carboxylic acids is 2. The van der Waals surface area contributed by atoms with Gasteiger partial charge in [-0.3, -0.25) is 0 Å². The highest BCUT2D eigenvalue weighted by atomic mass is 19.1. The van der Waals surface area contributed by atoms with Crippen LogP contribution in [0.5, 0.6) is 0 Å². The van der Waals surface area contributed by atoms with Crippen LogP contribution in [0.25, 0.3) is 0 Å². The summed E-state index contributed by atoms with van der Waals surface area (Å²) in [6.45, 7) is 6.04. The van der Waals surface area contributed by atoms with Gasteiger partial charge < -0.3 is 20.1 Å². The van der Waals surface area contributed by atoms with Crippen molar-refractivity contribution in [1.82, 2.24) is 5.32 Å². The summed E-state index contributed by atoms with van der Waals surface area (Å²) in [4.78, 5) is 22.8. The minimum Gasteiger partial charge on any atom is -0.465 e. The smallest absolute Gasteiger partial charge is 0.407 e. The number of alkyl carbamates (subject to hydrolysis) is 1. The highest BCUT2D eigenvalue weighted by molar-refractivity contribution is 5.90. The van der Waals surface area contributed by atoms with Crippen molar-refractivity contribution in [3.63, 3.8) is 0 Å². The lowest BCUT2D eigenvalue weighted by Gasteiger charge is -2.19. The highest BCUT2D eigenvalue weighted by Crippen LogP contribution is 2.15. The van der Waals surface area contributed by atoms with Gasteiger partial charge >= 0.3 is 12.1 Å². The van der Waals surface area contributed by atoms with E-state index in [1.165, 1.54) is 25.3 Å². The van der Waals surface area contributed by atoms with Crippen molar-refractivity contribution in [2.75, 3.05) is 25.5 Å². The van der Waals surface area contributed by atoms with Gasteiger partial charge in [0.2, 0.25) is 0 Å². The van der Waals surface area contributed by atoms with Crippen molar-refractivity contribution in [2.45, 2.75) is 26.4 Å². The van der Waals surface area contributed by atoms with E-state index in [-0.39, 0.29) is 5.56 Å². The zero-order valence-corrected chi connectivity index (χ0v) is 13.2. The molecular formula is C15H21FN2O4. The molecule has 0 fully saturated rings. The molecule has 22 heavy (non-hydrogen) atoms. The normalized spacial score (nSPS) is 10.8. The van der Waals surface area contributed by atoms with Crippen molar-refractivity contribution in [3.8, 4) is 0 Å². The molecule has 0 saturated carbocycles. The molecule has 0 heterocycles. The third kappa shape index (κ3) is 5.99. The van der Waals surface area contributed by atoms with Crippen LogP contribution in [0, 0.1) is 5.82 Å². The predicted octanol–water partition coefficient (Wildman–Crippen LogP) is 2.55. The van der Waals surface area contributed by atoms with Gasteiger partial charge in [-0.05, 0) is 39.0 Å². The Kier molecular flexibility index (Phi) is 6.15. The van der Waals surface area contributed by atoms with Crippen molar-refractivity contribution < 1.29 is 23.5 Å². The van der Waals surface area contributed by atoms with Gasteiger partial charge in [0.1, 0.15) is 11.4 Å². The second-order valence-electron chi connectivity index (χ2n) is 5.54. The molecule has 2 N–H and O–H groups in total. The standard InChI is InChI=1S/C15H21FN2O4/c1-15(2,3)22-14(20)18-8-7-17-10-5-6-12(16)11(9-10)13(19)21-4/h5-6,9,17H,7-8H2,1-4H3,(H,18,20). The summed E-state index contributed by atoms with van der Waals surface area (Å²) >= 11 is 0. The van der Waals surface area contributed by atoms with Crippen LogP contribution in [0.4, 0.5) is 14.9 Å². The number of methoxy groups -OCH3 is 1. The topological polar surface area (TPSA) is 76.7 Å². The lowest BCUT2D eigenvalue weighted by Crippen LogP contribution is -2.35. The Morgan fingerprint density at radius 1 is 1.23 bits per heavy atom. The number of benzene rings is 1. The van der Waals surface area contributed by atoms with E-state index >= 15 is 0 Å². The molecule has 0 aliphatic heterocycles. The fourth-order valence-corrected chi connectivity index (χ4v) is 1.59. The number of carbonyl (C=O) groups is 2. The van der Waals surface area contributed by atoms with E-state index in [9.17, 15) is 14.0 Å². The maximum Gasteiger partial charge on any atom is 0.407 e. The molecule has 0 aliphatic carbocycles. The van der Waals surface area contributed by atoms with Gasteiger partial charge in [-0.1, -0.05) is 0 Å². The Morgan fingerprint density at radius 3 is 2.50 bits per heavy atom. The van der Waals surface area contributed by atoms with Crippen LogP contribution in [-0.4, -0.2) is 37.9 Å². The summed E-state index contributed by atoms with van der Waals surface area (Å²) in [5.74, 6) is -1.39. The summed E-state index contributed by atoms with van der Waals surface area (Å²) in [5.41, 5.74) is -0.149. The molecule has 0 saturated heterocycles. The highest BCUT2D eigenvalue weighted by Gasteiger charge is 2.15. The molecule has 0 unspecified atom stereocenters. The maximum absolute atomic E-state index is 13.5. The molecule has 0 bridgehead atoms. The monoisotopic (exact) mass is 312 g/mol. The molecule has 0 spiro atoms. The van der Waals surface area contributed by atoms with Gasteiger partial charge in [-0.15, -0.1) is 0 Å². The van der Waals surface area contributed by atoms with Crippen LogP contribution in [0.15, 0.2) is 18.2 Å². The molecule has 1 aromatic rings. The lowest BCUT2D eigenvalue weighted by molar-refractivity contribution is 0.0528. The zero-order chi connectivity index (χ0) is 16.8. The van der Waals surface area contributed by atoms with Gasteiger partial charge in [-0.25, -0.2) is 14.0 Å². The number of halogens is 1. The number of amides is 1. The Bertz CT molecular complexity index is 541. The lowest BCUT2D eigenvalue weighted by atomic mass is 10.2. The van der Waals surface area contributed by atoms with Crippen LogP contribution >= 0.6 is 0 Å². The van der Waals surface area contributed by atoms with E-state index < -0.39 is 23.5 Å². The fourth-order valence-electron chi connectivity index (χ4n) is 1.59. The average molecular weight is 312 g/mol. The fraction of sp³-hybridized carbons (Fsp3) is 0.467. The summed E-state index contributed by atoms with van der Waals surface area (Å²) in [5, 5.41) is 5.54. The number of nitrogens with one attached hydrogen (secondary N) is 2.